The molecule has 0 aliphatic carbocycles. The van der Waals surface area contributed by atoms with Crippen LogP contribution in [0.2, 0.25) is 0 Å². The van der Waals surface area contributed by atoms with E-state index in [0.717, 1.165) is 45.3 Å². The maximum atomic E-state index is 13.0. The number of carboxylic acids is 1. The van der Waals surface area contributed by atoms with Crippen molar-refractivity contribution in [2.75, 3.05) is 39.9 Å². The lowest BCUT2D eigenvalue weighted by Gasteiger charge is -2.42. The average molecular weight is 298 g/mol. The van der Waals surface area contributed by atoms with Crippen LogP contribution in [-0.4, -0.2) is 61.8 Å². The molecule has 0 aromatic carbocycles. The summed E-state index contributed by atoms with van der Waals surface area (Å²) in [5.74, 6) is -0.537. The lowest BCUT2D eigenvalue weighted by Crippen LogP contribution is -2.53. The number of carbonyl (C=O) groups excluding carboxylic acids is 1. The quantitative estimate of drug-likeness (QED) is 0.782. The van der Waals surface area contributed by atoms with E-state index in [9.17, 15) is 9.59 Å². The van der Waals surface area contributed by atoms with Gasteiger partial charge in [-0.15, -0.1) is 0 Å². The second kappa shape index (κ2) is 7.22. The number of aliphatic carboxylic acids is 1. The summed E-state index contributed by atoms with van der Waals surface area (Å²) in [5.41, 5.74) is -0.425. The molecule has 2 fully saturated rings. The Morgan fingerprint density at radius 2 is 2.10 bits per heavy atom. The molecule has 0 spiro atoms. The van der Waals surface area contributed by atoms with E-state index in [2.05, 4.69) is 5.32 Å². The van der Waals surface area contributed by atoms with Gasteiger partial charge in [0, 0.05) is 26.6 Å². The standard InChI is InChI=1S/C15H26N2O4/c1-21-11-15(4-6-16-7-5-15)14(20)17-8-2-3-12(10-17)9-13(18)19/h12,16H,2-11H2,1H3,(H,18,19). The summed E-state index contributed by atoms with van der Waals surface area (Å²) < 4.78 is 5.32. The van der Waals surface area contributed by atoms with E-state index in [4.69, 9.17) is 9.84 Å². The minimum absolute atomic E-state index is 0.0847. The summed E-state index contributed by atoms with van der Waals surface area (Å²) >= 11 is 0. The molecule has 1 unspecified atom stereocenters. The van der Waals surface area contributed by atoms with Crippen LogP contribution in [-0.2, 0) is 14.3 Å². The van der Waals surface area contributed by atoms with Gasteiger partial charge in [-0.25, -0.2) is 0 Å². The van der Waals surface area contributed by atoms with Crippen molar-refractivity contribution in [3.8, 4) is 0 Å². The van der Waals surface area contributed by atoms with E-state index >= 15 is 0 Å². The van der Waals surface area contributed by atoms with E-state index < -0.39 is 11.4 Å². The highest BCUT2D eigenvalue weighted by molar-refractivity contribution is 5.83. The Kier molecular flexibility index (Phi) is 5.58. The molecule has 2 aliphatic rings. The van der Waals surface area contributed by atoms with Gasteiger partial charge in [0.15, 0.2) is 0 Å². The van der Waals surface area contributed by atoms with Crippen LogP contribution in [0.3, 0.4) is 0 Å². The van der Waals surface area contributed by atoms with Crippen LogP contribution in [0.5, 0.6) is 0 Å². The van der Waals surface area contributed by atoms with Gasteiger partial charge in [-0.05, 0) is 44.7 Å². The normalized spacial score (nSPS) is 25.6. The van der Waals surface area contributed by atoms with Gasteiger partial charge in [-0.2, -0.15) is 0 Å². The summed E-state index contributed by atoms with van der Waals surface area (Å²) in [6.45, 7) is 3.44. The molecule has 2 rings (SSSR count). The highest BCUT2D eigenvalue weighted by Gasteiger charge is 2.43. The third-order valence-corrected chi connectivity index (χ3v) is 4.70. The molecule has 2 saturated heterocycles. The van der Waals surface area contributed by atoms with E-state index in [1.54, 1.807) is 7.11 Å². The molecule has 6 heteroatoms. The van der Waals surface area contributed by atoms with Gasteiger partial charge in [-0.3, -0.25) is 9.59 Å². The Morgan fingerprint density at radius 1 is 1.38 bits per heavy atom. The van der Waals surface area contributed by atoms with Crippen LogP contribution in [0.25, 0.3) is 0 Å². The molecular weight excluding hydrogens is 272 g/mol. The molecule has 120 valence electrons. The Labute approximate surface area is 125 Å². The number of rotatable bonds is 5. The number of carboxylic acid groups (broad SMARTS) is 1. The van der Waals surface area contributed by atoms with Crippen LogP contribution in [0, 0.1) is 11.3 Å². The van der Waals surface area contributed by atoms with Gasteiger partial charge in [0.1, 0.15) is 0 Å². The van der Waals surface area contributed by atoms with Crippen molar-refractivity contribution in [2.24, 2.45) is 11.3 Å². The molecule has 1 amide bonds. The van der Waals surface area contributed by atoms with Crippen molar-refractivity contribution in [1.29, 1.82) is 0 Å². The predicted octanol–water partition coefficient (Wildman–Crippen LogP) is 0.716. The third-order valence-electron chi connectivity index (χ3n) is 4.70. The zero-order valence-electron chi connectivity index (χ0n) is 12.8. The maximum Gasteiger partial charge on any atom is 0.303 e. The van der Waals surface area contributed by atoms with Crippen molar-refractivity contribution in [3.63, 3.8) is 0 Å². The second-order valence-corrected chi connectivity index (χ2v) is 6.32. The minimum Gasteiger partial charge on any atom is -0.481 e. The molecule has 2 N–H and O–H groups in total. The molecule has 2 aliphatic heterocycles. The lowest BCUT2D eigenvalue weighted by atomic mass is 9.77. The van der Waals surface area contributed by atoms with Gasteiger partial charge < -0.3 is 20.1 Å². The van der Waals surface area contributed by atoms with E-state index in [0.29, 0.717) is 13.2 Å². The number of hydrogen-bond donors (Lipinski definition) is 2. The molecule has 0 aromatic rings. The number of amides is 1. The average Bonchev–Trinajstić information content (AvgIpc) is 2.47. The molecule has 2 heterocycles. The molecule has 21 heavy (non-hydrogen) atoms. The van der Waals surface area contributed by atoms with Crippen molar-refractivity contribution >= 4 is 11.9 Å². The number of piperidine rings is 2. The van der Waals surface area contributed by atoms with Crippen LogP contribution in [0.15, 0.2) is 0 Å². The Hall–Kier alpha value is -1.14. The third kappa shape index (κ3) is 3.95. The smallest absolute Gasteiger partial charge is 0.303 e. The lowest BCUT2D eigenvalue weighted by molar-refractivity contribution is -0.151. The topological polar surface area (TPSA) is 78.9 Å². The number of hydrogen-bond acceptors (Lipinski definition) is 4. The predicted molar refractivity (Wildman–Crippen MR) is 78.0 cm³/mol. The maximum absolute atomic E-state index is 13.0. The number of ether oxygens (including phenoxy) is 1. The number of carbonyl (C=O) groups is 2. The number of nitrogens with one attached hydrogen (secondary N) is 1. The number of methoxy groups -OCH3 is 1. The van der Waals surface area contributed by atoms with Crippen LogP contribution >= 0.6 is 0 Å². The fourth-order valence-electron chi connectivity index (χ4n) is 3.60. The summed E-state index contributed by atoms with van der Waals surface area (Å²) in [6, 6.07) is 0. The molecule has 1 atom stereocenters. The van der Waals surface area contributed by atoms with Gasteiger partial charge >= 0.3 is 5.97 Å². The highest BCUT2D eigenvalue weighted by atomic mass is 16.5. The molecule has 0 aromatic heterocycles. The van der Waals surface area contributed by atoms with Crippen molar-refractivity contribution in [2.45, 2.75) is 32.1 Å². The summed E-state index contributed by atoms with van der Waals surface area (Å²) in [5, 5.41) is 12.2. The molecule has 0 saturated carbocycles. The summed E-state index contributed by atoms with van der Waals surface area (Å²) in [4.78, 5) is 25.7. The molecule has 6 nitrogen and oxygen atoms in total. The van der Waals surface area contributed by atoms with Crippen LogP contribution in [0.1, 0.15) is 32.1 Å². The first-order chi connectivity index (χ1) is 10.1. The zero-order valence-corrected chi connectivity index (χ0v) is 12.8. The van der Waals surface area contributed by atoms with E-state index in [1.807, 2.05) is 4.90 Å². The van der Waals surface area contributed by atoms with Crippen molar-refractivity contribution in [3.05, 3.63) is 0 Å². The largest absolute Gasteiger partial charge is 0.481 e. The molecule has 0 bridgehead atoms. The Morgan fingerprint density at radius 3 is 2.71 bits per heavy atom. The number of likely N-dealkylation sites (tertiary alicyclic amines) is 1. The Bertz CT molecular complexity index is 374. The second-order valence-electron chi connectivity index (χ2n) is 6.32. The van der Waals surface area contributed by atoms with Crippen LogP contribution < -0.4 is 5.32 Å². The van der Waals surface area contributed by atoms with E-state index in [-0.39, 0.29) is 18.2 Å². The molecule has 0 radical (unpaired) electrons. The van der Waals surface area contributed by atoms with Gasteiger partial charge in [0.2, 0.25) is 5.91 Å². The van der Waals surface area contributed by atoms with Gasteiger partial charge in [0.25, 0.3) is 0 Å². The van der Waals surface area contributed by atoms with Crippen LogP contribution in [0.4, 0.5) is 0 Å². The van der Waals surface area contributed by atoms with E-state index in [1.165, 1.54) is 0 Å². The zero-order chi connectivity index (χ0) is 15.3. The highest BCUT2D eigenvalue weighted by Crippen LogP contribution is 2.33. The first-order valence-corrected chi connectivity index (χ1v) is 7.78. The van der Waals surface area contributed by atoms with Crippen molar-refractivity contribution < 1.29 is 19.4 Å². The number of nitrogens with zero attached hydrogens (tertiary/aromatic N) is 1. The summed E-state index contributed by atoms with van der Waals surface area (Å²) in [6.07, 6.45) is 3.53. The fourth-order valence-corrected chi connectivity index (χ4v) is 3.60. The monoisotopic (exact) mass is 298 g/mol. The van der Waals surface area contributed by atoms with Gasteiger partial charge in [-0.1, -0.05) is 0 Å². The molecular formula is C15H26N2O4. The Balaban J connectivity index is 2.03. The fraction of sp³-hybridized carbons (Fsp3) is 0.867. The first kappa shape index (κ1) is 16.2. The summed E-state index contributed by atoms with van der Waals surface area (Å²) in [7, 11) is 1.64. The van der Waals surface area contributed by atoms with Gasteiger partial charge in [0.05, 0.1) is 12.0 Å². The SMILES string of the molecule is COCC1(C(=O)N2CCCC(CC(=O)O)C2)CCNCC1. The first-order valence-electron chi connectivity index (χ1n) is 7.78. The van der Waals surface area contributed by atoms with Crippen molar-refractivity contribution in [1.82, 2.24) is 10.2 Å². The minimum atomic E-state index is -0.775.